The van der Waals surface area contributed by atoms with Crippen LogP contribution >= 0.6 is 0 Å². The van der Waals surface area contributed by atoms with E-state index < -0.39 is 0 Å². The molecular formula is C20H25N. The fraction of sp³-hybridized carbons (Fsp3) is 0.400. The van der Waals surface area contributed by atoms with Gasteiger partial charge in [-0.05, 0) is 73.0 Å². The Labute approximate surface area is 128 Å². The first-order valence-corrected chi connectivity index (χ1v) is 8.23. The average Bonchev–Trinajstić information content (AvgIpc) is 2.55. The smallest absolute Gasteiger partial charge is 0.0291 e. The molecular weight excluding hydrogens is 254 g/mol. The molecule has 2 aromatic rings. The Morgan fingerprint density at radius 1 is 0.952 bits per heavy atom. The summed E-state index contributed by atoms with van der Waals surface area (Å²) in [5, 5.41) is 3.49. The van der Waals surface area contributed by atoms with Gasteiger partial charge in [-0.25, -0.2) is 0 Å². The van der Waals surface area contributed by atoms with E-state index in [-0.39, 0.29) is 0 Å². The molecule has 0 saturated carbocycles. The van der Waals surface area contributed by atoms with Gasteiger partial charge >= 0.3 is 0 Å². The zero-order valence-electron chi connectivity index (χ0n) is 13.2. The molecule has 2 aromatic carbocycles. The van der Waals surface area contributed by atoms with Crippen molar-refractivity contribution in [2.75, 3.05) is 6.54 Å². The molecule has 1 aliphatic rings. The minimum atomic E-state index is 0.410. The van der Waals surface area contributed by atoms with Crippen molar-refractivity contribution in [3.05, 3.63) is 59.2 Å². The van der Waals surface area contributed by atoms with E-state index in [0.29, 0.717) is 6.04 Å². The molecule has 0 spiro atoms. The van der Waals surface area contributed by atoms with E-state index in [4.69, 9.17) is 0 Å². The van der Waals surface area contributed by atoms with Gasteiger partial charge in [-0.1, -0.05) is 43.3 Å². The van der Waals surface area contributed by atoms with Crippen molar-refractivity contribution < 1.29 is 0 Å². The van der Waals surface area contributed by atoms with Gasteiger partial charge in [-0.3, -0.25) is 0 Å². The van der Waals surface area contributed by atoms with Crippen molar-refractivity contribution in [2.24, 2.45) is 0 Å². The third-order valence-corrected chi connectivity index (χ3v) is 4.58. The number of hydrogen-bond donors (Lipinski definition) is 1. The maximum absolute atomic E-state index is 3.49. The second-order valence-corrected chi connectivity index (χ2v) is 6.10. The first kappa shape index (κ1) is 14.3. The standard InChI is InChI=1S/C20H25N/c1-3-21-15(2)17-9-6-10-19(13-17)20-12-11-16-7-4-5-8-18(16)14-20/h6,9-15,21H,3-5,7-8H2,1-2H3. The number of benzene rings is 2. The monoisotopic (exact) mass is 279 g/mol. The summed E-state index contributed by atoms with van der Waals surface area (Å²) in [6, 6.07) is 16.4. The predicted molar refractivity (Wildman–Crippen MR) is 90.6 cm³/mol. The molecule has 1 aliphatic carbocycles. The van der Waals surface area contributed by atoms with Gasteiger partial charge < -0.3 is 5.32 Å². The average molecular weight is 279 g/mol. The third kappa shape index (κ3) is 3.19. The van der Waals surface area contributed by atoms with Crippen LogP contribution in [0.2, 0.25) is 0 Å². The molecule has 0 aromatic heterocycles. The van der Waals surface area contributed by atoms with Crippen LogP contribution in [0.3, 0.4) is 0 Å². The topological polar surface area (TPSA) is 12.0 Å². The largest absolute Gasteiger partial charge is 0.310 e. The van der Waals surface area contributed by atoms with Gasteiger partial charge in [-0.2, -0.15) is 0 Å². The number of hydrogen-bond acceptors (Lipinski definition) is 1. The Kier molecular flexibility index (Phi) is 4.40. The van der Waals surface area contributed by atoms with Crippen LogP contribution < -0.4 is 5.32 Å². The molecule has 0 aliphatic heterocycles. The maximum Gasteiger partial charge on any atom is 0.0291 e. The van der Waals surface area contributed by atoms with E-state index in [9.17, 15) is 0 Å². The predicted octanol–water partition coefficient (Wildman–Crippen LogP) is 4.90. The van der Waals surface area contributed by atoms with Crippen molar-refractivity contribution in [1.82, 2.24) is 5.32 Å². The van der Waals surface area contributed by atoms with Crippen molar-refractivity contribution in [2.45, 2.75) is 45.6 Å². The Hall–Kier alpha value is -1.60. The molecule has 0 radical (unpaired) electrons. The molecule has 3 rings (SSSR count). The fourth-order valence-corrected chi connectivity index (χ4v) is 3.32. The first-order valence-electron chi connectivity index (χ1n) is 8.23. The zero-order chi connectivity index (χ0) is 14.7. The highest BCUT2D eigenvalue weighted by atomic mass is 14.9. The Morgan fingerprint density at radius 3 is 2.52 bits per heavy atom. The molecule has 0 bridgehead atoms. The van der Waals surface area contributed by atoms with Gasteiger partial charge in [-0.15, -0.1) is 0 Å². The molecule has 1 atom stereocenters. The summed E-state index contributed by atoms with van der Waals surface area (Å²) < 4.78 is 0. The van der Waals surface area contributed by atoms with Crippen LogP contribution in [0.25, 0.3) is 11.1 Å². The summed E-state index contributed by atoms with van der Waals surface area (Å²) in [6.07, 6.45) is 5.19. The third-order valence-electron chi connectivity index (χ3n) is 4.58. The number of nitrogens with one attached hydrogen (secondary N) is 1. The quantitative estimate of drug-likeness (QED) is 0.839. The molecule has 0 heterocycles. The number of fused-ring (bicyclic) bond motifs is 1. The van der Waals surface area contributed by atoms with Crippen LogP contribution in [0.15, 0.2) is 42.5 Å². The van der Waals surface area contributed by atoms with Crippen molar-refractivity contribution in [3.63, 3.8) is 0 Å². The van der Waals surface area contributed by atoms with Crippen LogP contribution in [-0.4, -0.2) is 6.54 Å². The van der Waals surface area contributed by atoms with Crippen molar-refractivity contribution in [1.29, 1.82) is 0 Å². The van der Waals surface area contributed by atoms with Crippen LogP contribution in [0.4, 0.5) is 0 Å². The van der Waals surface area contributed by atoms with Crippen LogP contribution in [0.1, 0.15) is 49.4 Å². The SMILES string of the molecule is CCNC(C)c1cccc(-c2ccc3c(c2)CCCC3)c1. The summed E-state index contributed by atoms with van der Waals surface area (Å²) in [5.74, 6) is 0. The highest BCUT2D eigenvalue weighted by Gasteiger charge is 2.11. The van der Waals surface area contributed by atoms with E-state index in [1.54, 1.807) is 11.1 Å². The summed E-state index contributed by atoms with van der Waals surface area (Å²) in [6.45, 7) is 5.39. The Morgan fingerprint density at radius 2 is 1.71 bits per heavy atom. The van der Waals surface area contributed by atoms with Gasteiger partial charge in [0.05, 0.1) is 0 Å². The molecule has 1 nitrogen and oxygen atoms in total. The van der Waals surface area contributed by atoms with Gasteiger partial charge in [0.25, 0.3) is 0 Å². The lowest BCUT2D eigenvalue weighted by Crippen LogP contribution is -2.17. The lowest BCUT2D eigenvalue weighted by atomic mass is 9.89. The molecule has 0 saturated heterocycles. The van der Waals surface area contributed by atoms with Crippen LogP contribution in [0.5, 0.6) is 0 Å². The molecule has 1 unspecified atom stereocenters. The van der Waals surface area contributed by atoms with E-state index in [1.165, 1.54) is 42.4 Å². The normalized spacial score (nSPS) is 15.5. The summed E-state index contributed by atoms with van der Waals surface area (Å²) in [7, 11) is 0. The van der Waals surface area contributed by atoms with Crippen LogP contribution in [-0.2, 0) is 12.8 Å². The fourth-order valence-electron chi connectivity index (χ4n) is 3.32. The lowest BCUT2D eigenvalue weighted by molar-refractivity contribution is 0.598. The van der Waals surface area contributed by atoms with Gasteiger partial charge in [0.2, 0.25) is 0 Å². The van der Waals surface area contributed by atoms with E-state index in [1.807, 2.05) is 0 Å². The second-order valence-electron chi connectivity index (χ2n) is 6.10. The van der Waals surface area contributed by atoms with Gasteiger partial charge in [0.15, 0.2) is 0 Å². The minimum absolute atomic E-state index is 0.410. The summed E-state index contributed by atoms with van der Waals surface area (Å²) in [4.78, 5) is 0. The lowest BCUT2D eigenvalue weighted by Gasteiger charge is -2.18. The molecule has 1 N–H and O–H groups in total. The van der Waals surface area contributed by atoms with Crippen molar-refractivity contribution in [3.8, 4) is 11.1 Å². The molecule has 1 heteroatoms. The Bertz CT molecular complexity index is 615. The molecule has 0 amide bonds. The highest BCUT2D eigenvalue weighted by molar-refractivity contribution is 5.66. The number of aryl methyl sites for hydroxylation is 2. The van der Waals surface area contributed by atoms with E-state index in [2.05, 4.69) is 61.6 Å². The van der Waals surface area contributed by atoms with Crippen molar-refractivity contribution >= 4 is 0 Å². The minimum Gasteiger partial charge on any atom is -0.310 e. The highest BCUT2D eigenvalue weighted by Crippen LogP contribution is 2.28. The summed E-state index contributed by atoms with van der Waals surface area (Å²) in [5.41, 5.74) is 7.19. The maximum atomic E-state index is 3.49. The second kappa shape index (κ2) is 6.44. The molecule has 110 valence electrons. The van der Waals surface area contributed by atoms with Gasteiger partial charge in [0.1, 0.15) is 0 Å². The first-order chi connectivity index (χ1) is 10.3. The number of rotatable bonds is 4. The molecule has 0 fully saturated rings. The van der Waals surface area contributed by atoms with Crippen LogP contribution in [0, 0.1) is 0 Å². The van der Waals surface area contributed by atoms with E-state index >= 15 is 0 Å². The summed E-state index contributed by atoms with van der Waals surface area (Å²) >= 11 is 0. The zero-order valence-corrected chi connectivity index (χ0v) is 13.2. The van der Waals surface area contributed by atoms with E-state index in [0.717, 1.165) is 6.54 Å². The molecule has 21 heavy (non-hydrogen) atoms. The van der Waals surface area contributed by atoms with Gasteiger partial charge in [0, 0.05) is 6.04 Å². The Balaban J connectivity index is 1.91.